The summed E-state index contributed by atoms with van der Waals surface area (Å²) in [5.41, 5.74) is 0. The molecule has 0 aromatic rings. The van der Waals surface area contributed by atoms with Crippen LogP contribution in [0.2, 0.25) is 0 Å². The number of halogens is 1. The minimum absolute atomic E-state index is 0. The number of hydrogen-bond donors (Lipinski definition) is 0. The molecule has 18 heavy (non-hydrogen) atoms. The van der Waals surface area contributed by atoms with Gasteiger partial charge in [-0.15, -0.1) is 12.4 Å². The second-order valence-electron chi connectivity index (χ2n) is 4.61. The first-order chi connectivity index (χ1) is 8.42. The summed E-state index contributed by atoms with van der Waals surface area (Å²) in [6.45, 7) is 2.26. The molecule has 0 aliphatic heterocycles. The van der Waals surface area contributed by atoms with E-state index in [4.69, 9.17) is 0 Å². The molecule has 0 aromatic carbocycles. The van der Waals surface area contributed by atoms with Crippen LogP contribution in [0.25, 0.3) is 0 Å². The molecule has 0 spiro atoms. The predicted molar refractivity (Wildman–Crippen MR) is 79.6 cm³/mol. The Bertz CT molecular complexity index is 369. The molecule has 2 rings (SSSR count). The molecule has 0 saturated heterocycles. The van der Waals surface area contributed by atoms with Gasteiger partial charge < -0.3 is 0 Å². The summed E-state index contributed by atoms with van der Waals surface area (Å²) in [4.78, 5) is 0. The monoisotopic (exact) mass is 339 g/mol. The van der Waals surface area contributed by atoms with Crippen molar-refractivity contribution in [1.82, 2.24) is 0 Å². The van der Waals surface area contributed by atoms with Gasteiger partial charge in [0.15, 0.2) is 0 Å². The van der Waals surface area contributed by atoms with E-state index in [-0.39, 0.29) is 12.4 Å². The maximum Gasteiger partial charge on any atom is -0.147 e. The number of unbranched alkanes of at least 4 members (excludes halogenated alkanes) is 2. The van der Waals surface area contributed by atoms with Crippen molar-refractivity contribution >= 4 is 12.4 Å². The zero-order chi connectivity index (χ0) is 11.9. The Hall–Kier alpha value is -0.127. The first kappa shape index (κ1) is 15.9. The summed E-state index contributed by atoms with van der Waals surface area (Å²) in [5, 5.41) is 0. The molecule has 0 saturated carbocycles. The summed E-state index contributed by atoms with van der Waals surface area (Å²) in [6, 6.07) is 0. The molecule has 0 heterocycles. The third-order valence-electron chi connectivity index (χ3n) is 3.24. The molecule has 2 heteroatoms. The zero-order valence-corrected chi connectivity index (χ0v) is 14.3. The molecule has 0 amide bonds. The fraction of sp³-hybridized carbons (Fsp3) is 0.375. The first-order valence-corrected chi connectivity index (χ1v) is 10.5. The van der Waals surface area contributed by atoms with Gasteiger partial charge in [-0.05, 0) is 0 Å². The van der Waals surface area contributed by atoms with Crippen LogP contribution in [0.5, 0.6) is 0 Å². The summed E-state index contributed by atoms with van der Waals surface area (Å²) in [5.74, 6) is 0. The molecule has 0 nitrogen and oxygen atoms in total. The Morgan fingerprint density at radius 2 is 1.72 bits per heavy atom. The van der Waals surface area contributed by atoms with Gasteiger partial charge in [0.25, 0.3) is 0 Å². The Kier molecular flexibility index (Phi) is 7.86. The summed E-state index contributed by atoms with van der Waals surface area (Å²) in [6.07, 6.45) is 22.6. The number of rotatable bonds is 6. The normalized spacial score (nSPS) is 16.9. The van der Waals surface area contributed by atoms with Crippen molar-refractivity contribution in [3.63, 3.8) is 0 Å². The van der Waals surface area contributed by atoms with Gasteiger partial charge in [0.05, 0.1) is 0 Å². The zero-order valence-electron chi connectivity index (χ0n) is 11.1. The van der Waals surface area contributed by atoms with Crippen LogP contribution in [0.1, 0.15) is 39.0 Å². The molecule has 0 unspecified atom stereocenters. The van der Waals surface area contributed by atoms with E-state index in [1.54, 1.807) is 6.56 Å². The van der Waals surface area contributed by atoms with Gasteiger partial charge in [-0.1, -0.05) is 0 Å². The molecule has 0 atom stereocenters. The van der Waals surface area contributed by atoms with E-state index in [1.807, 2.05) is 0 Å². The van der Waals surface area contributed by atoms with Crippen molar-refractivity contribution in [3.8, 4) is 0 Å². The van der Waals surface area contributed by atoms with Crippen LogP contribution in [-0.2, 0) is 21.8 Å². The smallest absolute Gasteiger partial charge is 0.147 e. The van der Waals surface area contributed by atoms with Crippen LogP contribution in [0.4, 0.5) is 0 Å². The van der Waals surface area contributed by atoms with Crippen molar-refractivity contribution in [2.75, 3.05) is 0 Å². The Morgan fingerprint density at radius 1 is 1.11 bits per heavy atom. The molecule has 2 aliphatic carbocycles. The van der Waals surface area contributed by atoms with E-state index in [1.165, 1.54) is 32.1 Å². The van der Waals surface area contributed by atoms with E-state index in [0.29, 0.717) is 0 Å². The van der Waals surface area contributed by atoms with Crippen molar-refractivity contribution < 1.29 is 21.8 Å². The van der Waals surface area contributed by atoms with Gasteiger partial charge in [-0.2, -0.15) is 0 Å². The van der Waals surface area contributed by atoms with Gasteiger partial charge in [-0.25, -0.2) is 0 Å². The van der Waals surface area contributed by atoms with Gasteiger partial charge in [0, 0.05) is 0 Å². The molecule has 0 fully saturated rings. The molecular formula is C16H22ClZr. The van der Waals surface area contributed by atoms with E-state index >= 15 is 0 Å². The van der Waals surface area contributed by atoms with Crippen LogP contribution in [-0.4, -0.2) is 0 Å². The molecule has 0 aromatic heterocycles. The van der Waals surface area contributed by atoms with Crippen molar-refractivity contribution in [2.45, 2.75) is 39.0 Å². The van der Waals surface area contributed by atoms with Gasteiger partial charge >= 0.3 is 114 Å². The quantitative estimate of drug-likeness (QED) is 0.566. The largest absolute Gasteiger partial charge is 0.147 e. The summed E-state index contributed by atoms with van der Waals surface area (Å²) in [7, 11) is 0. The van der Waals surface area contributed by atoms with Gasteiger partial charge in [0.1, 0.15) is 0 Å². The second-order valence-corrected chi connectivity index (χ2v) is 10.6. The minimum Gasteiger partial charge on any atom is -0.147 e. The standard InChI is InChI=1S/C6H11.2C5H5.ClH.Zr/c1-3-5-6-4-2;2*1-2-4-5-3-1;;/h1,3H,4-6H2,2H3;2*1-3H,4H2;1H;. The average Bonchev–Trinajstić information content (AvgIpc) is 3.02. The van der Waals surface area contributed by atoms with Gasteiger partial charge in [0.2, 0.25) is 0 Å². The fourth-order valence-corrected chi connectivity index (χ4v) is 8.31. The SMILES string of the molecule is CCCCC=[CH][Zr]([C]1=CC=CC1)[C]1=CC=CC1.Cl. The third kappa shape index (κ3) is 4.52. The molecule has 0 radical (unpaired) electrons. The average molecular weight is 341 g/mol. The van der Waals surface area contributed by atoms with Crippen LogP contribution in [0.15, 0.2) is 52.9 Å². The van der Waals surface area contributed by atoms with E-state index in [9.17, 15) is 0 Å². The van der Waals surface area contributed by atoms with Crippen LogP contribution < -0.4 is 0 Å². The van der Waals surface area contributed by atoms with Crippen LogP contribution >= 0.6 is 12.4 Å². The van der Waals surface area contributed by atoms with E-state index in [0.717, 1.165) is 0 Å². The van der Waals surface area contributed by atoms with E-state index in [2.05, 4.69) is 53.2 Å². The molecule has 2 aliphatic rings. The molecular weight excluding hydrogens is 319 g/mol. The van der Waals surface area contributed by atoms with Gasteiger partial charge in [-0.3, -0.25) is 0 Å². The topological polar surface area (TPSA) is 0 Å². The Balaban J connectivity index is 0.00000162. The summed E-state index contributed by atoms with van der Waals surface area (Å²) >= 11 is -1.59. The molecule has 0 N–H and O–H groups in total. The third-order valence-corrected chi connectivity index (χ3v) is 9.87. The van der Waals surface area contributed by atoms with Crippen LogP contribution in [0, 0.1) is 0 Å². The summed E-state index contributed by atoms with van der Waals surface area (Å²) < 4.78 is 6.10. The second kappa shape index (κ2) is 8.89. The minimum atomic E-state index is -1.59. The maximum atomic E-state index is 2.61. The maximum absolute atomic E-state index is 2.61. The molecule has 97 valence electrons. The van der Waals surface area contributed by atoms with Crippen molar-refractivity contribution in [3.05, 3.63) is 52.9 Å². The Morgan fingerprint density at radius 3 is 2.17 bits per heavy atom. The fourth-order valence-electron chi connectivity index (χ4n) is 2.24. The van der Waals surface area contributed by atoms with Crippen molar-refractivity contribution in [1.29, 1.82) is 0 Å². The predicted octanol–water partition coefficient (Wildman–Crippen LogP) is 5.42. The first-order valence-electron chi connectivity index (χ1n) is 6.67. The Labute approximate surface area is 125 Å². The number of hydrogen-bond acceptors (Lipinski definition) is 0. The van der Waals surface area contributed by atoms with E-state index < -0.39 is 21.8 Å². The van der Waals surface area contributed by atoms with Crippen LogP contribution in [0.3, 0.4) is 0 Å². The molecule has 0 bridgehead atoms. The van der Waals surface area contributed by atoms with Crippen molar-refractivity contribution in [2.24, 2.45) is 0 Å². The number of allylic oxidation sites excluding steroid dienone is 9.